The third-order valence-electron chi connectivity index (χ3n) is 6.41. The van der Waals surface area contributed by atoms with Gasteiger partial charge in [0.2, 0.25) is 21.8 Å². The third-order valence-corrected chi connectivity index (χ3v) is 8.31. The van der Waals surface area contributed by atoms with Crippen LogP contribution in [0.15, 0.2) is 23.1 Å². The number of nitrogens with one attached hydrogen (secondary N) is 1. The number of likely N-dealkylation sites (tertiary alicyclic amines) is 1. The molecule has 0 spiro atoms. The molecule has 1 atom stereocenters. The average Bonchev–Trinajstić information content (AvgIpc) is 3.45. The molecule has 3 aliphatic rings. The first-order valence-electron chi connectivity index (χ1n) is 11.3. The molecule has 0 bridgehead atoms. The Morgan fingerprint density at radius 3 is 2.62 bits per heavy atom. The predicted molar refractivity (Wildman–Crippen MR) is 118 cm³/mol. The second kappa shape index (κ2) is 9.76. The van der Waals surface area contributed by atoms with Crippen LogP contribution >= 0.6 is 0 Å². The quantitative estimate of drug-likeness (QED) is 0.659. The predicted octanol–water partition coefficient (Wildman–Crippen LogP) is 1.84. The Hall–Kier alpha value is -2.17. The lowest BCUT2D eigenvalue weighted by Crippen LogP contribution is -2.40. The normalized spacial score (nSPS) is 23.0. The molecule has 32 heavy (non-hydrogen) atoms. The molecule has 1 aliphatic carbocycles. The summed E-state index contributed by atoms with van der Waals surface area (Å²) in [7, 11) is -3.72. The highest BCUT2D eigenvalue weighted by atomic mass is 32.2. The molecule has 0 radical (unpaired) electrons. The van der Waals surface area contributed by atoms with Gasteiger partial charge in [-0.1, -0.05) is 12.8 Å². The van der Waals surface area contributed by atoms with Gasteiger partial charge >= 0.3 is 0 Å². The van der Waals surface area contributed by atoms with Crippen molar-refractivity contribution in [1.29, 1.82) is 0 Å². The van der Waals surface area contributed by atoms with E-state index in [0.29, 0.717) is 50.9 Å². The number of nitrogens with zero attached hydrogens (tertiary/aromatic N) is 2. The van der Waals surface area contributed by atoms with Gasteiger partial charge in [-0.05, 0) is 38.0 Å². The number of hydrogen-bond acceptors (Lipinski definition) is 6. The van der Waals surface area contributed by atoms with Crippen LogP contribution in [0.2, 0.25) is 0 Å². The van der Waals surface area contributed by atoms with Crippen LogP contribution in [0.25, 0.3) is 0 Å². The minimum Gasteiger partial charge on any atom is -0.492 e. The van der Waals surface area contributed by atoms with Crippen molar-refractivity contribution in [2.45, 2.75) is 50.0 Å². The number of amides is 2. The number of morpholine rings is 1. The molecule has 2 heterocycles. The van der Waals surface area contributed by atoms with Crippen LogP contribution in [0.1, 0.15) is 39.0 Å². The van der Waals surface area contributed by atoms with E-state index in [2.05, 4.69) is 5.32 Å². The summed E-state index contributed by atoms with van der Waals surface area (Å²) in [6.45, 7) is 3.89. The van der Waals surface area contributed by atoms with Gasteiger partial charge < -0.3 is 19.7 Å². The lowest BCUT2D eigenvalue weighted by molar-refractivity contribution is -0.129. The molecule has 2 aliphatic heterocycles. The van der Waals surface area contributed by atoms with Gasteiger partial charge in [-0.15, -0.1) is 0 Å². The van der Waals surface area contributed by atoms with E-state index < -0.39 is 15.9 Å². The van der Waals surface area contributed by atoms with Gasteiger partial charge in [0, 0.05) is 32.1 Å². The molecule has 2 saturated heterocycles. The number of hydrogen-bond donors (Lipinski definition) is 1. The van der Waals surface area contributed by atoms with Crippen molar-refractivity contribution in [2.75, 3.05) is 44.8 Å². The fourth-order valence-corrected chi connectivity index (χ4v) is 6.13. The van der Waals surface area contributed by atoms with E-state index in [1.54, 1.807) is 6.07 Å². The van der Waals surface area contributed by atoms with Crippen molar-refractivity contribution in [1.82, 2.24) is 9.21 Å². The summed E-state index contributed by atoms with van der Waals surface area (Å²) < 4.78 is 38.4. The van der Waals surface area contributed by atoms with E-state index in [0.717, 1.165) is 25.7 Å². The van der Waals surface area contributed by atoms with Gasteiger partial charge in [0.05, 0.1) is 36.3 Å². The van der Waals surface area contributed by atoms with Crippen molar-refractivity contribution in [3.8, 4) is 5.75 Å². The molecule has 4 rings (SSSR count). The zero-order valence-corrected chi connectivity index (χ0v) is 19.2. The minimum absolute atomic E-state index is 0.0192. The number of ether oxygens (including phenoxy) is 2. The van der Waals surface area contributed by atoms with Crippen LogP contribution in [0.5, 0.6) is 5.75 Å². The molecule has 0 aromatic heterocycles. The van der Waals surface area contributed by atoms with Crippen molar-refractivity contribution in [2.24, 2.45) is 5.92 Å². The molecule has 1 N–H and O–H groups in total. The van der Waals surface area contributed by atoms with E-state index in [-0.39, 0.29) is 29.2 Å². The van der Waals surface area contributed by atoms with Crippen molar-refractivity contribution in [3.63, 3.8) is 0 Å². The van der Waals surface area contributed by atoms with E-state index in [1.807, 2.05) is 11.8 Å². The highest BCUT2D eigenvalue weighted by Crippen LogP contribution is 2.33. The Labute approximate surface area is 189 Å². The number of anilines is 1. The SMILES string of the molecule is CCOc1ccc(S(=O)(=O)N2CCOCC2)cc1NC(=O)[C@H]1CC(=O)N(C2CCCC2)C1. The Morgan fingerprint density at radius 1 is 1.22 bits per heavy atom. The third kappa shape index (κ3) is 4.77. The first-order valence-corrected chi connectivity index (χ1v) is 12.8. The van der Waals surface area contributed by atoms with Crippen LogP contribution in [-0.4, -0.2) is 74.9 Å². The highest BCUT2D eigenvalue weighted by molar-refractivity contribution is 7.89. The van der Waals surface area contributed by atoms with Gasteiger partial charge in [-0.2, -0.15) is 4.31 Å². The number of sulfonamides is 1. The molecular weight excluding hydrogens is 434 g/mol. The van der Waals surface area contributed by atoms with Gasteiger partial charge in [-0.3, -0.25) is 9.59 Å². The molecule has 2 amide bonds. The standard InChI is InChI=1S/C22H31N3O6S/c1-2-31-20-8-7-18(32(28,29)24-9-11-30-12-10-24)14-19(20)23-22(27)16-13-21(26)25(15-16)17-5-3-4-6-17/h7-8,14,16-17H,2-6,9-13,15H2,1H3,(H,23,27)/t16-/m0/s1. The monoisotopic (exact) mass is 465 g/mol. The maximum absolute atomic E-state index is 13.0. The van der Waals surface area contributed by atoms with Gasteiger partial charge in [0.1, 0.15) is 5.75 Å². The van der Waals surface area contributed by atoms with E-state index >= 15 is 0 Å². The van der Waals surface area contributed by atoms with E-state index in [4.69, 9.17) is 9.47 Å². The molecule has 1 aromatic rings. The summed E-state index contributed by atoms with van der Waals surface area (Å²) in [5.74, 6) is -0.331. The Balaban J connectivity index is 1.52. The van der Waals surface area contributed by atoms with Gasteiger partial charge in [0.15, 0.2) is 0 Å². The summed E-state index contributed by atoms with van der Waals surface area (Å²) in [6.07, 6.45) is 4.41. The summed E-state index contributed by atoms with van der Waals surface area (Å²) in [6, 6.07) is 4.74. The smallest absolute Gasteiger partial charge is 0.243 e. The summed E-state index contributed by atoms with van der Waals surface area (Å²) in [5, 5.41) is 2.83. The minimum atomic E-state index is -3.72. The summed E-state index contributed by atoms with van der Waals surface area (Å²) in [4.78, 5) is 27.4. The molecule has 1 saturated carbocycles. The zero-order chi connectivity index (χ0) is 22.7. The van der Waals surface area contributed by atoms with E-state index in [1.165, 1.54) is 16.4 Å². The molecule has 0 unspecified atom stereocenters. The molecule has 9 nitrogen and oxygen atoms in total. The van der Waals surface area contributed by atoms with Crippen molar-refractivity contribution < 1.29 is 27.5 Å². The molecule has 10 heteroatoms. The summed E-state index contributed by atoms with van der Waals surface area (Å²) >= 11 is 0. The van der Waals surface area contributed by atoms with Crippen LogP contribution in [0.4, 0.5) is 5.69 Å². The first kappa shape index (κ1) is 23.0. The first-order chi connectivity index (χ1) is 15.4. The number of carbonyl (C=O) groups is 2. The second-order valence-electron chi connectivity index (χ2n) is 8.48. The van der Waals surface area contributed by atoms with Crippen LogP contribution < -0.4 is 10.1 Å². The number of carbonyl (C=O) groups excluding carboxylic acids is 2. The second-order valence-corrected chi connectivity index (χ2v) is 10.4. The lowest BCUT2D eigenvalue weighted by Gasteiger charge is -2.26. The molecular formula is C22H31N3O6S. The van der Waals surface area contributed by atoms with Crippen LogP contribution in [-0.2, 0) is 24.3 Å². The fraction of sp³-hybridized carbons (Fsp3) is 0.636. The fourth-order valence-electron chi connectivity index (χ4n) is 4.70. The van der Waals surface area contributed by atoms with Crippen LogP contribution in [0.3, 0.4) is 0 Å². The number of rotatable bonds is 7. The maximum atomic E-state index is 13.0. The Morgan fingerprint density at radius 2 is 1.94 bits per heavy atom. The van der Waals surface area contributed by atoms with Gasteiger partial charge in [0.25, 0.3) is 0 Å². The lowest BCUT2D eigenvalue weighted by atomic mass is 10.1. The Kier molecular flexibility index (Phi) is 7.02. The molecule has 1 aromatic carbocycles. The molecule has 176 valence electrons. The number of benzene rings is 1. The summed E-state index contributed by atoms with van der Waals surface area (Å²) in [5.41, 5.74) is 0.304. The van der Waals surface area contributed by atoms with Crippen molar-refractivity contribution in [3.05, 3.63) is 18.2 Å². The van der Waals surface area contributed by atoms with E-state index in [9.17, 15) is 18.0 Å². The largest absolute Gasteiger partial charge is 0.492 e. The van der Waals surface area contributed by atoms with Crippen LogP contribution in [0, 0.1) is 5.92 Å². The highest BCUT2D eigenvalue weighted by Gasteiger charge is 2.39. The van der Waals surface area contributed by atoms with Gasteiger partial charge in [-0.25, -0.2) is 8.42 Å². The maximum Gasteiger partial charge on any atom is 0.243 e. The molecule has 3 fully saturated rings. The Bertz CT molecular complexity index is 954. The topological polar surface area (TPSA) is 105 Å². The zero-order valence-electron chi connectivity index (χ0n) is 18.4. The van der Waals surface area contributed by atoms with Crippen molar-refractivity contribution >= 4 is 27.5 Å². The average molecular weight is 466 g/mol.